The van der Waals surface area contributed by atoms with E-state index >= 15 is 0 Å². The summed E-state index contributed by atoms with van der Waals surface area (Å²) in [6.45, 7) is 9.41. The quantitative estimate of drug-likeness (QED) is 0.119. The Hall–Kier alpha value is -3.98. The molecule has 0 bridgehead atoms. The Morgan fingerprint density at radius 3 is 2.77 bits per heavy atom. The number of carbonyl (C=O) groups excluding carboxylic acids is 3. The van der Waals surface area contributed by atoms with E-state index in [1.807, 2.05) is 19.9 Å². The molecule has 14 heteroatoms. The van der Waals surface area contributed by atoms with Crippen molar-refractivity contribution < 1.29 is 43.3 Å². The zero-order valence-electron chi connectivity index (χ0n) is 27.3. The Balaban J connectivity index is 1.11. The fourth-order valence-electron chi connectivity index (χ4n) is 6.01. The number of rotatable bonds is 11. The van der Waals surface area contributed by atoms with Gasteiger partial charge in [0, 0.05) is 25.6 Å². The second-order valence-electron chi connectivity index (χ2n) is 12.6. The average Bonchev–Trinajstić information content (AvgIpc) is 3.68. The summed E-state index contributed by atoms with van der Waals surface area (Å²) in [5, 5.41) is 21.8. The molecule has 0 aliphatic carbocycles. The summed E-state index contributed by atoms with van der Waals surface area (Å²) in [6, 6.07) is 3.28. The van der Waals surface area contributed by atoms with Crippen molar-refractivity contribution in [3.8, 4) is 0 Å². The van der Waals surface area contributed by atoms with Crippen LogP contribution >= 0.6 is 0 Å². The highest BCUT2D eigenvalue weighted by atomic mass is 16.7. The van der Waals surface area contributed by atoms with Gasteiger partial charge in [0.2, 0.25) is 11.6 Å². The van der Waals surface area contributed by atoms with Gasteiger partial charge in [-0.3, -0.25) is 9.59 Å². The molecule has 3 aliphatic heterocycles. The number of allylic oxidation sites excluding steroid dienone is 2. The first kappa shape index (κ1) is 34.4. The number of amides is 1. The number of ether oxygens (including phenoxy) is 4. The fourth-order valence-corrected chi connectivity index (χ4v) is 6.01. The second-order valence-corrected chi connectivity index (χ2v) is 12.6. The number of esters is 1. The molecule has 1 amide bonds. The number of epoxide rings is 1. The number of nitrogens with zero attached hydrogens (tertiary/aromatic N) is 4. The van der Waals surface area contributed by atoms with Crippen molar-refractivity contribution >= 4 is 29.0 Å². The van der Waals surface area contributed by atoms with Gasteiger partial charge in [0.05, 0.1) is 37.4 Å². The molecular formula is C33H43N5O9. The molecule has 0 saturated carbocycles. The van der Waals surface area contributed by atoms with Crippen LogP contribution in [0.1, 0.15) is 60.3 Å². The predicted octanol–water partition coefficient (Wildman–Crippen LogP) is 2.16. The van der Waals surface area contributed by atoms with E-state index in [-0.39, 0.29) is 36.5 Å². The lowest BCUT2D eigenvalue weighted by atomic mass is 9.87. The Labute approximate surface area is 273 Å². The Bertz CT molecular complexity index is 1530. The Morgan fingerprint density at radius 2 is 2.02 bits per heavy atom. The van der Waals surface area contributed by atoms with Gasteiger partial charge in [-0.1, -0.05) is 30.7 Å². The summed E-state index contributed by atoms with van der Waals surface area (Å²) in [7, 11) is 0. The molecule has 5 unspecified atom stereocenters. The topological polar surface area (TPSA) is 177 Å². The number of fused-ring (bicyclic) bond motifs is 1. The monoisotopic (exact) mass is 653 g/mol. The van der Waals surface area contributed by atoms with Crippen LogP contribution in [0.5, 0.6) is 0 Å². The Kier molecular flexibility index (Phi) is 10.8. The molecule has 1 spiro atoms. The highest BCUT2D eigenvalue weighted by Crippen LogP contribution is 2.43. The minimum absolute atomic E-state index is 0.0339. The fraction of sp³-hybridized carbons (Fsp3) is 0.576. The molecule has 0 radical (unpaired) electrons. The van der Waals surface area contributed by atoms with Crippen molar-refractivity contribution in [1.29, 1.82) is 0 Å². The standard InChI is InChI=1S/C33H43N5O9/c1-19(8-11-27-20(2)15-26(22(4)45-27)35-29(40)13-10-21(3)44-23(5)39)9-12-28-31(42)33(18-43-33)17-24(46-28)16-30(41)47-38-32-25(36-37-38)7-6-14-34-32/h6-10,12-14,20-22,24,26-28,31,42H,11,15-18H2,1-5H3,(H,35,40)/b12-9+,13-10-,19-8+/t20?,21?,22-,24-,26?,27?,28?,31-,33-/m1/s1. The number of aliphatic hydroxyl groups excluding tert-OH is 1. The predicted molar refractivity (Wildman–Crippen MR) is 167 cm³/mol. The largest absolute Gasteiger partial charge is 0.459 e. The van der Waals surface area contributed by atoms with E-state index in [0.717, 1.165) is 16.8 Å². The molecule has 5 rings (SSSR count). The highest BCUT2D eigenvalue weighted by molar-refractivity contribution is 5.87. The summed E-state index contributed by atoms with van der Waals surface area (Å²) in [5.41, 5.74) is 1.05. The Morgan fingerprint density at radius 1 is 1.23 bits per heavy atom. The van der Waals surface area contributed by atoms with Gasteiger partial charge < -0.3 is 34.2 Å². The number of hydrogen-bond acceptors (Lipinski definition) is 12. The van der Waals surface area contributed by atoms with Crippen molar-refractivity contribution in [2.75, 3.05) is 6.61 Å². The number of pyridine rings is 1. The van der Waals surface area contributed by atoms with E-state index in [0.29, 0.717) is 30.6 Å². The van der Waals surface area contributed by atoms with E-state index in [2.05, 4.69) is 33.6 Å². The van der Waals surface area contributed by atoms with Crippen molar-refractivity contribution in [3.63, 3.8) is 0 Å². The molecule has 2 N–H and O–H groups in total. The van der Waals surface area contributed by atoms with Gasteiger partial charge >= 0.3 is 11.9 Å². The van der Waals surface area contributed by atoms with Gasteiger partial charge in [-0.05, 0) is 67.8 Å². The van der Waals surface area contributed by atoms with Gasteiger partial charge in [0.1, 0.15) is 29.4 Å². The van der Waals surface area contributed by atoms with Gasteiger partial charge in [-0.2, -0.15) is 0 Å². The lowest BCUT2D eigenvalue weighted by molar-refractivity contribution is -0.161. The summed E-state index contributed by atoms with van der Waals surface area (Å²) < 4.78 is 23.1. The maximum atomic E-state index is 12.8. The van der Waals surface area contributed by atoms with Crippen molar-refractivity contribution in [3.05, 3.63) is 54.3 Å². The minimum Gasteiger partial charge on any atom is -0.459 e. The van der Waals surface area contributed by atoms with Crippen LogP contribution in [0, 0.1) is 5.92 Å². The smallest absolute Gasteiger partial charge is 0.337 e. The van der Waals surface area contributed by atoms with Crippen LogP contribution in [-0.4, -0.2) is 98.0 Å². The van der Waals surface area contributed by atoms with E-state index < -0.39 is 42.0 Å². The lowest BCUT2D eigenvalue weighted by Crippen LogP contribution is -2.50. The normalized spacial score (nSPS) is 31.7. The molecule has 14 nitrogen and oxygen atoms in total. The molecule has 254 valence electrons. The number of aliphatic hydroxyl groups is 1. The molecule has 3 aliphatic rings. The SMILES string of the molecule is CC(=O)OC(C)/C=C\C(=O)NC1CC(C)C(C/C=C(C)/C=C/C2O[C@H](CC(=O)On3nnc4cccnc43)C[C@@]3(CO3)[C@@H]2O)O[C@@H]1C. The van der Waals surface area contributed by atoms with E-state index in [4.69, 9.17) is 23.8 Å². The molecule has 47 heavy (non-hydrogen) atoms. The van der Waals surface area contributed by atoms with Gasteiger partial charge in [0.25, 0.3) is 0 Å². The van der Waals surface area contributed by atoms with Crippen LogP contribution in [0.25, 0.3) is 11.2 Å². The number of nitrogens with one attached hydrogen (secondary N) is 1. The van der Waals surface area contributed by atoms with Crippen LogP contribution in [0.3, 0.4) is 0 Å². The maximum Gasteiger partial charge on any atom is 0.337 e. The zero-order valence-corrected chi connectivity index (χ0v) is 27.3. The van der Waals surface area contributed by atoms with Crippen molar-refractivity contribution in [1.82, 2.24) is 25.5 Å². The van der Waals surface area contributed by atoms with Crippen LogP contribution in [0.4, 0.5) is 0 Å². The molecule has 0 aromatic carbocycles. The van der Waals surface area contributed by atoms with Crippen molar-refractivity contribution in [2.45, 2.75) is 109 Å². The maximum absolute atomic E-state index is 12.8. The summed E-state index contributed by atoms with van der Waals surface area (Å²) >= 11 is 0. The first-order valence-corrected chi connectivity index (χ1v) is 15.9. The first-order valence-electron chi connectivity index (χ1n) is 15.9. The third-order valence-electron chi connectivity index (χ3n) is 8.69. The molecule has 5 heterocycles. The summed E-state index contributed by atoms with van der Waals surface area (Å²) in [5.74, 6) is -1.04. The molecule has 3 saturated heterocycles. The third-order valence-corrected chi connectivity index (χ3v) is 8.69. The molecular weight excluding hydrogens is 610 g/mol. The molecule has 2 aromatic heterocycles. The summed E-state index contributed by atoms with van der Waals surface area (Å²) in [4.78, 5) is 46.7. The number of hydrogen-bond donors (Lipinski definition) is 2. The first-order chi connectivity index (χ1) is 22.4. The molecule has 2 aromatic rings. The third kappa shape index (κ3) is 8.89. The lowest BCUT2D eigenvalue weighted by Gasteiger charge is -2.39. The van der Waals surface area contributed by atoms with Crippen molar-refractivity contribution in [2.24, 2.45) is 5.92 Å². The van der Waals surface area contributed by atoms with Gasteiger partial charge in [-0.25, -0.2) is 9.78 Å². The number of carbonyl (C=O) groups is 3. The van der Waals surface area contributed by atoms with Gasteiger partial charge in [-0.15, -0.1) is 5.10 Å². The highest BCUT2D eigenvalue weighted by Gasteiger charge is 2.58. The molecule has 3 fully saturated rings. The van der Waals surface area contributed by atoms with E-state index in [9.17, 15) is 19.5 Å². The summed E-state index contributed by atoms with van der Waals surface area (Å²) in [6.07, 6.45) is 9.16. The second kappa shape index (κ2) is 14.8. The van der Waals surface area contributed by atoms with E-state index in [1.54, 1.807) is 37.4 Å². The number of aromatic nitrogens is 4. The zero-order chi connectivity index (χ0) is 33.7. The van der Waals surface area contributed by atoms with Crippen LogP contribution in [-0.2, 0) is 33.3 Å². The average molecular weight is 654 g/mol. The van der Waals surface area contributed by atoms with Crippen LogP contribution in [0.2, 0.25) is 0 Å². The van der Waals surface area contributed by atoms with E-state index in [1.165, 1.54) is 13.0 Å². The van der Waals surface area contributed by atoms with Crippen LogP contribution < -0.4 is 10.2 Å². The molecule has 9 atom stereocenters. The van der Waals surface area contributed by atoms with Crippen LogP contribution in [0.15, 0.2) is 54.3 Å². The van der Waals surface area contributed by atoms with Gasteiger partial charge in [0.15, 0.2) is 0 Å². The minimum atomic E-state index is -0.878.